The number of hydrogen-bond acceptors (Lipinski definition) is 4. The fourth-order valence-corrected chi connectivity index (χ4v) is 3.33. The molecule has 1 aromatic heterocycles. The first-order valence-corrected chi connectivity index (χ1v) is 8.95. The number of carbonyl (C=O) groups is 1. The summed E-state index contributed by atoms with van der Waals surface area (Å²) in [6.45, 7) is 2.08. The van der Waals surface area contributed by atoms with Crippen LogP contribution >= 0.6 is 11.3 Å². The van der Waals surface area contributed by atoms with Gasteiger partial charge in [0.2, 0.25) is 0 Å². The van der Waals surface area contributed by atoms with E-state index in [9.17, 15) is 23.1 Å². The maximum absolute atomic E-state index is 12.7. The first-order valence-electron chi connectivity index (χ1n) is 8.14. The Balaban J connectivity index is 1.82. The zero-order valence-corrected chi connectivity index (χ0v) is 15.0. The molecule has 8 heteroatoms. The van der Waals surface area contributed by atoms with Crippen molar-refractivity contribution in [3.8, 4) is 0 Å². The second-order valence-electron chi connectivity index (χ2n) is 6.12. The summed E-state index contributed by atoms with van der Waals surface area (Å²) in [5.74, 6) is -0.448. The van der Waals surface area contributed by atoms with E-state index in [-0.39, 0.29) is 18.2 Å². The lowest BCUT2D eigenvalue weighted by atomic mass is 10.0. The Bertz CT molecular complexity index is 746. The Morgan fingerprint density at radius 2 is 2.04 bits per heavy atom. The van der Waals surface area contributed by atoms with Gasteiger partial charge in [-0.2, -0.15) is 13.2 Å². The molecule has 0 radical (unpaired) electrons. The van der Waals surface area contributed by atoms with Crippen molar-refractivity contribution >= 4 is 17.2 Å². The number of rotatable bonds is 8. The first-order chi connectivity index (χ1) is 12.2. The topological polar surface area (TPSA) is 75.4 Å². The number of aliphatic hydroxyl groups excluding tert-OH is 1. The van der Waals surface area contributed by atoms with Crippen LogP contribution in [0.1, 0.15) is 45.1 Å². The second-order valence-corrected chi connectivity index (χ2v) is 7.29. The van der Waals surface area contributed by atoms with E-state index in [1.807, 2.05) is 13.0 Å². The Labute approximate surface area is 153 Å². The lowest BCUT2D eigenvalue weighted by Gasteiger charge is -2.18. The molecule has 26 heavy (non-hydrogen) atoms. The number of nitrogens with two attached hydrogens (primary N) is 1. The quantitative estimate of drug-likeness (QED) is 0.650. The van der Waals surface area contributed by atoms with Crippen LogP contribution < -0.4 is 11.1 Å². The van der Waals surface area contributed by atoms with E-state index in [1.165, 1.54) is 23.5 Å². The zero-order valence-electron chi connectivity index (χ0n) is 14.2. The smallest absolute Gasteiger partial charge is 0.387 e. The fourth-order valence-electron chi connectivity index (χ4n) is 2.46. The molecule has 2 rings (SSSR count). The Morgan fingerprint density at radius 1 is 1.31 bits per heavy atom. The highest BCUT2D eigenvalue weighted by Gasteiger charge is 2.30. The molecule has 1 amide bonds. The van der Waals surface area contributed by atoms with E-state index in [1.54, 1.807) is 6.07 Å². The third kappa shape index (κ3) is 5.82. The molecule has 0 saturated carbocycles. The molecule has 0 aliphatic carbocycles. The fraction of sp³-hybridized carbons (Fsp3) is 0.389. The summed E-state index contributed by atoms with van der Waals surface area (Å²) in [6.07, 6.45) is -3.95. The highest BCUT2D eigenvalue weighted by molar-refractivity contribution is 7.14. The van der Waals surface area contributed by atoms with Crippen LogP contribution in [-0.4, -0.2) is 23.6 Å². The summed E-state index contributed by atoms with van der Waals surface area (Å²) in [4.78, 5) is 12.6. The third-order valence-corrected chi connectivity index (χ3v) is 5.15. The number of amides is 1. The molecule has 0 saturated heterocycles. The Hall–Kier alpha value is -1.90. The lowest BCUT2D eigenvalue weighted by Crippen LogP contribution is -2.30. The van der Waals surface area contributed by atoms with Crippen LogP contribution in [0.25, 0.3) is 0 Å². The van der Waals surface area contributed by atoms with Gasteiger partial charge < -0.3 is 16.2 Å². The molecule has 1 aromatic carbocycles. The molecule has 0 spiro atoms. The molecule has 2 atom stereocenters. The third-order valence-electron chi connectivity index (χ3n) is 3.99. The monoisotopic (exact) mass is 386 g/mol. The SMILES string of the molecule is CC(CCc1ccc(C(N)=O)s1)NC[C@@H](O)c1cccc(C(F)(F)F)c1. The van der Waals surface area contributed by atoms with Gasteiger partial charge in [-0.1, -0.05) is 12.1 Å². The van der Waals surface area contributed by atoms with E-state index >= 15 is 0 Å². The van der Waals surface area contributed by atoms with Gasteiger partial charge in [0, 0.05) is 17.5 Å². The van der Waals surface area contributed by atoms with E-state index in [0.717, 1.165) is 29.9 Å². The highest BCUT2D eigenvalue weighted by atomic mass is 32.1. The number of halogens is 3. The molecule has 142 valence electrons. The van der Waals surface area contributed by atoms with E-state index in [2.05, 4.69) is 5.32 Å². The van der Waals surface area contributed by atoms with Crippen LogP contribution in [0, 0.1) is 0 Å². The highest BCUT2D eigenvalue weighted by Crippen LogP contribution is 2.30. The van der Waals surface area contributed by atoms with Crippen molar-refractivity contribution < 1.29 is 23.1 Å². The number of primary amides is 1. The van der Waals surface area contributed by atoms with Gasteiger partial charge in [-0.15, -0.1) is 11.3 Å². The van der Waals surface area contributed by atoms with E-state index < -0.39 is 23.8 Å². The minimum absolute atomic E-state index is 0.0505. The van der Waals surface area contributed by atoms with Crippen molar-refractivity contribution in [1.82, 2.24) is 5.32 Å². The lowest BCUT2D eigenvalue weighted by molar-refractivity contribution is -0.137. The number of aryl methyl sites for hydroxylation is 1. The van der Waals surface area contributed by atoms with Crippen LogP contribution in [0.4, 0.5) is 13.2 Å². The Morgan fingerprint density at radius 3 is 2.65 bits per heavy atom. The number of thiophene rings is 1. The van der Waals surface area contributed by atoms with Crippen LogP contribution in [0.15, 0.2) is 36.4 Å². The summed E-state index contributed by atoms with van der Waals surface area (Å²) in [7, 11) is 0. The summed E-state index contributed by atoms with van der Waals surface area (Å²) >= 11 is 1.35. The van der Waals surface area contributed by atoms with Gasteiger partial charge in [0.05, 0.1) is 16.5 Å². The number of carbonyl (C=O) groups excluding carboxylic acids is 1. The molecule has 0 aliphatic rings. The van der Waals surface area contributed by atoms with Crippen molar-refractivity contribution in [2.45, 2.75) is 38.1 Å². The van der Waals surface area contributed by atoms with Crippen molar-refractivity contribution in [2.75, 3.05) is 6.54 Å². The van der Waals surface area contributed by atoms with Gasteiger partial charge in [-0.05, 0) is 49.6 Å². The number of alkyl halides is 3. The normalized spacial score (nSPS) is 14.2. The zero-order chi connectivity index (χ0) is 19.3. The molecular formula is C18H21F3N2O2S. The standard InChI is InChI=1S/C18H21F3N2O2S/c1-11(5-6-14-7-8-16(26-14)17(22)25)23-10-15(24)12-3-2-4-13(9-12)18(19,20)21/h2-4,7-9,11,15,23-24H,5-6,10H2,1H3,(H2,22,25)/t11?,15-/m1/s1. The number of benzene rings is 1. The van der Waals surface area contributed by atoms with Gasteiger partial charge in [0.25, 0.3) is 5.91 Å². The minimum atomic E-state index is -4.43. The van der Waals surface area contributed by atoms with Crippen LogP contribution in [0.2, 0.25) is 0 Å². The van der Waals surface area contributed by atoms with Crippen LogP contribution in [0.5, 0.6) is 0 Å². The van der Waals surface area contributed by atoms with Crippen molar-refractivity contribution in [3.63, 3.8) is 0 Å². The summed E-state index contributed by atoms with van der Waals surface area (Å²) < 4.78 is 38.2. The van der Waals surface area contributed by atoms with Gasteiger partial charge in [-0.3, -0.25) is 4.79 Å². The average molecular weight is 386 g/mol. The van der Waals surface area contributed by atoms with Gasteiger partial charge in [-0.25, -0.2) is 0 Å². The molecule has 0 aliphatic heterocycles. The largest absolute Gasteiger partial charge is 0.416 e. The Kier molecular flexibility index (Phi) is 6.80. The first kappa shape index (κ1) is 20.4. The van der Waals surface area contributed by atoms with Crippen molar-refractivity contribution in [2.24, 2.45) is 5.73 Å². The minimum Gasteiger partial charge on any atom is -0.387 e. The van der Waals surface area contributed by atoms with Crippen LogP contribution in [0.3, 0.4) is 0 Å². The predicted octanol–water partition coefficient (Wildman–Crippen LogP) is 3.51. The second kappa shape index (κ2) is 8.66. The van der Waals surface area contributed by atoms with E-state index in [0.29, 0.717) is 4.88 Å². The molecule has 1 heterocycles. The molecule has 4 nitrogen and oxygen atoms in total. The maximum Gasteiger partial charge on any atom is 0.416 e. The number of aliphatic hydroxyl groups is 1. The van der Waals surface area contributed by atoms with Crippen molar-refractivity contribution in [1.29, 1.82) is 0 Å². The summed E-state index contributed by atoms with van der Waals surface area (Å²) in [5.41, 5.74) is 4.67. The predicted molar refractivity (Wildman–Crippen MR) is 95.0 cm³/mol. The average Bonchev–Trinajstić information content (AvgIpc) is 3.06. The van der Waals surface area contributed by atoms with Gasteiger partial charge >= 0.3 is 6.18 Å². The number of hydrogen-bond donors (Lipinski definition) is 3. The van der Waals surface area contributed by atoms with Crippen LogP contribution in [-0.2, 0) is 12.6 Å². The molecular weight excluding hydrogens is 365 g/mol. The number of nitrogens with one attached hydrogen (secondary N) is 1. The summed E-state index contributed by atoms with van der Waals surface area (Å²) in [5, 5.41) is 13.3. The maximum atomic E-state index is 12.7. The molecule has 0 fully saturated rings. The van der Waals surface area contributed by atoms with Gasteiger partial charge in [0.15, 0.2) is 0 Å². The molecule has 2 aromatic rings. The molecule has 0 bridgehead atoms. The van der Waals surface area contributed by atoms with Crippen molar-refractivity contribution in [3.05, 3.63) is 57.3 Å². The van der Waals surface area contributed by atoms with Gasteiger partial charge in [0.1, 0.15) is 0 Å². The van der Waals surface area contributed by atoms with E-state index in [4.69, 9.17) is 5.73 Å². The molecule has 1 unspecified atom stereocenters. The summed E-state index contributed by atoms with van der Waals surface area (Å²) in [6, 6.07) is 8.31. The molecule has 4 N–H and O–H groups in total.